The van der Waals surface area contributed by atoms with E-state index in [0.717, 1.165) is 0 Å². The van der Waals surface area contributed by atoms with E-state index in [1.165, 1.54) is 0 Å². The molecule has 0 saturated heterocycles. The molecule has 0 fully saturated rings. The Kier molecular flexibility index (Phi) is 2.60. The summed E-state index contributed by atoms with van der Waals surface area (Å²) in [7, 11) is 0. The minimum absolute atomic E-state index is 0.512. The average Bonchev–Trinajstić information content (AvgIpc) is 2.07. The van der Waals surface area contributed by atoms with Gasteiger partial charge in [0, 0.05) is 12.1 Å². The molecule has 0 N–H and O–H groups in total. The predicted molar refractivity (Wildman–Crippen MR) is 42.7 cm³/mol. The second-order valence-electron chi connectivity index (χ2n) is 2.07. The van der Waals surface area contributed by atoms with Gasteiger partial charge in [0.1, 0.15) is 6.54 Å². The van der Waals surface area contributed by atoms with Gasteiger partial charge in [-0.05, 0) is 12.0 Å². The number of hydrogen-bond acceptors (Lipinski definition) is 2. The van der Waals surface area contributed by atoms with Crippen LogP contribution in [-0.2, 0) is 0 Å². The molecule has 11 heavy (non-hydrogen) atoms. The number of para-hydroxylation sites is 1. The van der Waals surface area contributed by atoms with Gasteiger partial charge in [0.15, 0.2) is 0 Å². The van der Waals surface area contributed by atoms with E-state index in [2.05, 4.69) is 5.11 Å². The summed E-state index contributed by atoms with van der Waals surface area (Å²) in [5.74, 6) is 0. The van der Waals surface area contributed by atoms with Gasteiger partial charge in [-0.3, -0.25) is 0 Å². The molecular formula is C8H10N2O. The summed E-state index contributed by atoms with van der Waals surface area (Å²) in [6.45, 7) is 2.34. The number of hydrogen-bond donors (Lipinski definition) is 0. The molecule has 58 valence electrons. The van der Waals surface area contributed by atoms with E-state index >= 15 is 0 Å². The van der Waals surface area contributed by atoms with E-state index < -0.39 is 0 Å². The summed E-state index contributed by atoms with van der Waals surface area (Å²) >= 11 is 0. The summed E-state index contributed by atoms with van der Waals surface area (Å²) in [4.78, 5) is 0.639. The van der Waals surface area contributed by atoms with Crippen molar-refractivity contribution in [2.45, 2.75) is 6.92 Å². The lowest BCUT2D eigenvalue weighted by Gasteiger charge is -1.96. The zero-order valence-corrected chi connectivity index (χ0v) is 6.40. The third-order valence-corrected chi connectivity index (χ3v) is 1.25. The first kappa shape index (κ1) is 7.72. The Morgan fingerprint density at radius 1 is 1.36 bits per heavy atom. The molecule has 0 unspecified atom stereocenters. The highest BCUT2D eigenvalue weighted by atomic mass is 16.5. The molecule has 0 aliphatic heterocycles. The first-order valence-electron chi connectivity index (χ1n) is 3.54. The summed E-state index contributed by atoms with van der Waals surface area (Å²) in [5.41, 5.74) is 0.578. The van der Waals surface area contributed by atoms with Crippen LogP contribution < -0.4 is 0 Å². The van der Waals surface area contributed by atoms with E-state index in [1.54, 1.807) is 12.1 Å². The summed E-state index contributed by atoms with van der Waals surface area (Å²) in [5, 5.41) is 14.7. The van der Waals surface area contributed by atoms with Gasteiger partial charge in [0.05, 0.1) is 0 Å². The van der Waals surface area contributed by atoms with Crippen LogP contribution in [0.1, 0.15) is 6.92 Å². The van der Waals surface area contributed by atoms with Crippen molar-refractivity contribution in [3.63, 3.8) is 0 Å². The Morgan fingerprint density at radius 2 is 2.00 bits per heavy atom. The maximum atomic E-state index is 11.0. The monoisotopic (exact) mass is 150 g/mol. The molecule has 1 rings (SSSR count). The second-order valence-corrected chi connectivity index (χ2v) is 2.07. The van der Waals surface area contributed by atoms with Crippen molar-refractivity contribution in [1.29, 1.82) is 0 Å². The van der Waals surface area contributed by atoms with Crippen molar-refractivity contribution < 1.29 is 4.86 Å². The van der Waals surface area contributed by atoms with Crippen LogP contribution in [0, 0.1) is 5.21 Å². The van der Waals surface area contributed by atoms with Crippen LogP contribution in [0.5, 0.6) is 0 Å². The smallest absolute Gasteiger partial charge is 0.244 e. The van der Waals surface area contributed by atoms with Gasteiger partial charge in [-0.2, -0.15) is 0 Å². The van der Waals surface area contributed by atoms with Crippen molar-refractivity contribution in [1.82, 2.24) is 0 Å². The highest BCUT2D eigenvalue weighted by molar-refractivity contribution is 5.27. The molecule has 0 aliphatic carbocycles. The van der Waals surface area contributed by atoms with Crippen molar-refractivity contribution in [3.05, 3.63) is 35.5 Å². The van der Waals surface area contributed by atoms with Crippen molar-refractivity contribution >= 4 is 5.69 Å². The standard InChI is InChI=1S/C8H10N2O/c1-2-9-10(11)8-6-4-3-5-7-8/h3-7H,2H2,1H3. The van der Waals surface area contributed by atoms with Crippen molar-refractivity contribution in [2.75, 3.05) is 6.54 Å². The molecule has 0 aliphatic rings. The van der Waals surface area contributed by atoms with Gasteiger partial charge in [0.2, 0.25) is 5.69 Å². The van der Waals surface area contributed by atoms with Crippen LogP contribution in [0.4, 0.5) is 5.69 Å². The lowest BCUT2D eigenvalue weighted by molar-refractivity contribution is -0.442. The Hall–Kier alpha value is -1.38. The fourth-order valence-electron chi connectivity index (χ4n) is 0.766. The molecule has 0 atom stereocenters. The summed E-state index contributed by atoms with van der Waals surface area (Å²) in [6, 6.07) is 8.94. The first-order valence-corrected chi connectivity index (χ1v) is 3.54. The van der Waals surface area contributed by atoms with Gasteiger partial charge in [-0.15, -0.1) is 0 Å². The minimum Gasteiger partial charge on any atom is -0.594 e. The fourth-order valence-corrected chi connectivity index (χ4v) is 0.766. The average molecular weight is 150 g/mol. The largest absolute Gasteiger partial charge is 0.594 e. The Labute approximate surface area is 65.6 Å². The van der Waals surface area contributed by atoms with Crippen LogP contribution in [0.15, 0.2) is 35.4 Å². The van der Waals surface area contributed by atoms with Crippen LogP contribution in [0.3, 0.4) is 0 Å². The Balaban J connectivity index is 2.85. The Bertz CT molecular complexity index is 244. The third kappa shape index (κ3) is 2.04. The van der Waals surface area contributed by atoms with Crippen molar-refractivity contribution in [3.8, 4) is 0 Å². The van der Waals surface area contributed by atoms with Crippen LogP contribution in [0.25, 0.3) is 0 Å². The molecule has 0 spiro atoms. The molecule has 0 heterocycles. The molecule has 0 aromatic heterocycles. The number of benzene rings is 1. The topological polar surface area (TPSA) is 38.4 Å². The number of azo groups is 1. The molecule has 0 radical (unpaired) electrons. The normalized spacial score (nSPS) is 11.5. The lowest BCUT2D eigenvalue weighted by Crippen LogP contribution is -1.90. The quantitative estimate of drug-likeness (QED) is 0.362. The van der Waals surface area contributed by atoms with Crippen LogP contribution >= 0.6 is 0 Å². The van der Waals surface area contributed by atoms with Gasteiger partial charge in [0.25, 0.3) is 0 Å². The molecule has 0 saturated carbocycles. The molecule has 0 bridgehead atoms. The SMILES string of the molecule is CCN=[N+]([O-])c1ccccc1. The summed E-state index contributed by atoms with van der Waals surface area (Å²) < 4.78 is 0. The number of rotatable bonds is 2. The van der Waals surface area contributed by atoms with E-state index in [-0.39, 0.29) is 0 Å². The third-order valence-electron chi connectivity index (χ3n) is 1.25. The maximum Gasteiger partial charge on any atom is 0.244 e. The maximum absolute atomic E-state index is 11.0. The van der Waals surface area contributed by atoms with Crippen LogP contribution in [-0.4, -0.2) is 11.4 Å². The Morgan fingerprint density at radius 3 is 2.55 bits per heavy atom. The van der Waals surface area contributed by atoms with Gasteiger partial charge in [-0.25, -0.2) is 0 Å². The van der Waals surface area contributed by atoms with Crippen LogP contribution in [0.2, 0.25) is 0 Å². The van der Waals surface area contributed by atoms with Gasteiger partial charge >= 0.3 is 0 Å². The molecule has 0 amide bonds. The second kappa shape index (κ2) is 3.71. The number of nitrogens with zero attached hydrogens (tertiary/aromatic N) is 2. The molecule has 1 aromatic carbocycles. The van der Waals surface area contributed by atoms with Crippen molar-refractivity contribution in [2.24, 2.45) is 5.11 Å². The van der Waals surface area contributed by atoms with E-state index in [4.69, 9.17) is 0 Å². The first-order chi connectivity index (χ1) is 5.34. The van der Waals surface area contributed by atoms with E-state index in [0.29, 0.717) is 17.1 Å². The predicted octanol–water partition coefficient (Wildman–Crippen LogP) is 2.30. The fraction of sp³-hybridized carbons (Fsp3) is 0.250. The highest BCUT2D eigenvalue weighted by Crippen LogP contribution is 2.08. The zero-order chi connectivity index (χ0) is 8.10. The molecule has 3 heteroatoms. The minimum atomic E-state index is 0.512. The highest BCUT2D eigenvalue weighted by Gasteiger charge is 1.97. The van der Waals surface area contributed by atoms with E-state index in [9.17, 15) is 5.21 Å². The lowest BCUT2D eigenvalue weighted by atomic mass is 10.3. The van der Waals surface area contributed by atoms with E-state index in [1.807, 2.05) is 25.1 Å². The van der Waals surface area contributed by atoms with Gasteiger partial charge in [-0.1, -0.05) is 23.1 Å². The molecule has 1 aromatic rings. The summed E-state index contributed by atoms with van der Waals surface area (Å²) in [6.07, 6.45) is 0. The molecular weight excluding hydrogens is 140 g/mol. The zero-order valence-electron chi connectivity index (χ0n) is 6.40. The molecule has 3 nitrogen and oxygen atoms in total. The van der Waals surface area contributed by atoms with Gasteiger partial charge < -0.3 is 5.21 Å².